The van der Waals surface area contributed by atoms with Gasteiger partial charge < -0.3 is 0 Å². The quantitative estimate of drug-likeness (QED) is 0.143. The van der Waals surface area contributed by atoms with Crippen molar-refractivity contribution in [1.29, 1.82) is 0 Å². The molecule has 2 radical (unpaired) electrons. The van der Waals surface area contributed by atoms with E-state index in [1.165, 1.54) is 122 Å². The summed E-state index contributed by atoms with van der Waals surface area (Å²) in [6.45, 7) is 7.80. The topological polar surface area (TPSA) is 0 Å². The Bertz CT molecular complexity index is 240. The van der Waals surface area contributed by atoms with Gasteiger partial charge in [0.1, 0.15) is 0 Å². The van der Waals surface area contributed by atoms with Crippen LogP contribution in [-0.4, -0.2) is 0 Å². The molecule has 25 heavy (non-hydrogen) atoms. The van der Waals surface area contributed by atoms with E-state index >= 15 is 0 Å². The van der Waals surface area contributed by atoms with Crippen LogP contribution in [0.2, 0.25) is 0 Å². The zero-order valence-electron chi connectivity index (χ0n) is 17.4. The molecule has 0 aromatic heterocycles. The first kappa shape index (κ1) is 24.7. The minimum atomic E-state index is 1.11. The highest BCUT2D eigenvalue weighted by molar-refractivity contribution is 4.81. The van der Waals surface area contributed by atoms with Gasteiger partial charge in [-0.05, 0) is 25.7 Å². The molecule has 0 fully saturated rings. The van der Waals surface area contributed by atoms with Crippen LogP contribution in [0.4, 0.5) is 0 Å². The van der Waals surface area contributed by atoms with Gasteiger partial charge in [-0.15, -0.1) is 0 Å². The van der Waals surface area contributed by atoms with Crippen LogP contribution >= 0.6 is 0 Å². The summed E-state index contributed by atoms with van der Waals surface area (Å²) in [6.07, 6.45) is 33.7. The third-order valence-electron chi connectivity index (χ3n) is 5.16. The number of hydrogen-bond acceptors (Lipinski definition) is 0. The lowest BCUT2D eigenvalue weighted by Gasteiger charge is -2.02. The molecule has 0 nitrogen and oxygen atoms in total. The molecular formula is C25H48. The van der Waals surface area contributed by atoms with Crippen LogP contribution in [-0.2, 0) is 0 Å². The molecule has 0 rings (SSSR count). The van der Waals surface area contributed by atoms with Gasteiger partial charge in [0.05, 0.1) is 0 Å². The van der Waals surface area contributed by atoms with Crippen molar-refractivity contribution < 1.29 is 0 Å². The van der Waals surface area contributed by atoms with Gasteiger partial charge in [-0.3, -0.25) is 0 Å². The molecule has 0 heteroatoms. The zero-order chi connectivity index (χ0) is 18.3. The lowest BCUT2D eigenvalue weighted by Crippen LogP contribution is -1.82. The Morgan fingerprint density at radius 2 is 0.560 bits per heavy atom. The molecule has 0 N–H and O–H groups in total. The van der Waals surface area contributed by atoms with Crippen molar-refractivity contribution >= 4 is 0 Å². The SMILES string of the molecule is [CH2]CCCCCCCCC=CCCCCCCCCCCCCC[CH2]. The predicted octanol–water partition coefficient (Wildman–Crippen LogP) is 9.40. The highest BCUT2D eigenvalue weighted by Crippen LogP contribution is 2.13. The minimum Gasteiger partial charge on any atom is -0.0885 e. The van der Waals surface area contributed by atoms with Crippen molar-refractivity contribution in [2.24, 2.45) is 0 Å². The maximum absolute atomic E-state index is 3.90. The Morgan fingerprint density at radius 3 is 0.840 bits per heavy atom. The van der Waals surface area contributed by atoms with E-state index in [0.717, 1.165) is 12.8 Å². The maximum atomic E-state index is 3.90. The van der Waals surface area contributed by atoms with Gasteiger partial charge in [0.15, 0.2) is 0 Å². The largest absolute Gasteiger partial charge is 0.0885 e. The fourth-order valence-corrected chi connectivity index (χ4v) is 3.41. The maximum Gasteiger partial charge on any atom is -0.0351 e. The predicted molar refractivity (Wildman–Crippen MR) is 117 cm³/mol. The van der Waals surface area contributed by atoms with Crippen LogP contribution in [0.5, 0.6) is 0 Å². The molecule has 0 aliphatic heterocycles. The standard InChI is InChI=1S/C25H48/c1-3-5-7-9-11-13-15-17-19-21-23-25-24-22-20-18-16-14-12-10-8-6-4-2/h19,21H,1-18,20,22-25H2. The van der Waals surface area contributed by atoms with Crippen molar-refractivity contribution in [3.8, 4) is 0 Å². The second kappa shape index (κ2) is 23.7. The average molecular weight is 349 g/mol. The fourth-order valence-electron chi connectivity index (χ4n) is 3.41. The molecule has 0 aliphatic rings. The third-order valence-corrected chi connectivity index (χ3v) is 5.16. The molecule has 0 aromatic carbocycles. The summed E-state index contributed by atoms with van der Waals surface area (Å²) in [7, 11) is 0. The van der Waals surface area contributed by atoms with Gasteiger partial charge in [0.25, 0.3) is 0 Å². The summed E-state index contributed by atoms with van der Waals surface area (Å²) in [6, 6.07) is 0. The first-order valence-corrected chi connectivity index (χ1v) is 11.6. The van der Waals surface area contributed by atoms with Crippen LogP contribution in [0.1, 0.15) is 135 Å². The van der Waals surface area contributed by atoms with Gasteiger partial charge in [0.2, 0.25) is 0 Å². The smallest absolute Gasteiger partial charge is 0.0351 e. The third kappa shape index (κ3) is 23.7. The van der Waals surface area contributed by atoms with Crippen LogP contribution in [0.25, 0.3) is 0 Å². The Balaban J connectivity index is 3.03. The summed E-state index contributed by atoms with van der Waals surface area (Å²) in [5.74, 6) is 0. The average Bonchev–Trinajstić information content (AvgIpc) is 2.63. The van der Waals surface area contributed by atoms with Crippen molar-refractivity contribution in [1.82, 2.24) is 0 Å². The molecular weight excluding hydrogens is 300 g/mol. The molecule has 0 amide bonds. The van der Waals surface area contributed by atoms with E-state index in [1.54, 1.807) is 0 Å². The molecule has 0 atom stereocenters. The molecule has 148 valence electrons. The van der Waals surface area contributed by atoms with Gasteiger partial charge in [-0.1, -0.05) is 135 Å². The second-order valence-electron chi connectivity index (χ2n) is 7.77. The molecule has 0 heterocycles. The van der Waals surface area contributed by atoms with Gasteiger partial charge in [-0.25, -0.2) is 0 Å². The van der Waals surface area contributed by atoms with Crippen LogP contribution in [0.15, 0.2) is 12.2 Å². The van der Waals surface area contributed by atoms with E-state index in [9.17, 15) is 0 Å². The highest BCUT2D eigenvalue weighted by Gasteiger charge is 1.93. The van der Waals surface area contributed by atoms with Gasteiger partial charge in [-0.2, -0.15) is 0 Å². The number of unbranched alkanes of at least 4 members (excludes halogenated alkanes) is 19. The van der Waals surface area contributed by atoms with E-state index < -0.39 is 0 Å². The molecule has 0 spiro atoms. The highest BCUT2D eigenvalue weighted by atomic mass is 14.0. The van der Waals surface area contributed by atoms with Crippen molar-refractivity contribution in [3.05, 3.63) is 26.0 Å². The number of allylic oxidation sites excluding steroid dienone is 2. The van der Waals surface area contributed by atoms with Gasteiger partial charge >= 0.3 is 0 Å². The summed E-state index contributed by atoms with van der Waals surface area (Å²) in [5, 5.41) is 0. The monoisotopic (exact) mass is 348 g/mol. The van der Waals surface area contributed by atoms with Crippen molar-refractivity contribution in [2.75, 3.05) is 0 Å². The molecule has 0 aliphatic carbocycles. The normalized spacial score (nSPS) is 11.6. The van der Waals surface area contributed by atoms with Crippen molar-refractivity contribution in [3.63, 3.8) is 0 Å². The lowest BCUT2D eigenvalue weighted by molar-refractivity contribution is 0.547. The summed E-state index contributed by atoms with van der Waals surface area (Å²) < 4.78 is 0. The summed E-state index contributed by atoms with van der Waals surface area (Å²) in [4.78, 5) is 0. The first-order chi connectivity index (χ1) is 12.4. The Labute approximate surface area is 161 Å². The lowest BCUT2D eigenvalue weighted by atomic mass is 10.0. The van der Waals surface area contributed by atoms with Crippen LogP contribution in [0.3, 0.4) is 0 Å². The van der Waals surface area contributed by atoms with E-state index in [2.05, 4.69) is 26.0 Å². The second-order valence-corrected chi connectivity index (χ2v) is 7.77. The Kier molecular flexibility index (Phi) is 23.5. The number of rotatable bonds is 21. The van der Waals surface area contributed by atoms with E-state index in [4.69, 9.17) is 0 Å². The summed E-state index contributed by atoms with van der Waals surface area (Å²) >= 11 is 0. The number of hydrogen-bond donors (Lipinski definition) is 0. The van der Waals surface area contributed by atoms with E-state index in [0.29, 0.717) is 0 Å². The van der Waals surface area contributed by atoms with Crippen LogP contribution < -0.4 is 0 Å². The van der Waals surface area contributed by atoms with Crippen LogP contribution in [0, 0.1) is 13.8 Å². The summed E-state index contributed by atoms with van der Waals surface area (Å²) in [5.41, 5.74) is 0. The van der Waals surface area contributed by atoms with E-state index in [1.807, 2.05) is 0 Å². The Morgan fingerprint density at radius 1 is 0.320 bits per heavy atom. The molecule has 0 bridgehead atoms. The van der Waals surface area contributed by atoms with E-state index in [-0.39, 0.29) is 0 Å². The Hall–Kier alpha value is -0.260. The first-order valence-electron chi connectivity index (χ1n) is 11.6. The van der Waals surface area contributed by atoms with Gasteiger partial charge in [0, 0.05) is 0 Å². The molecule has 0 unspecified atom stereocenters. The zero-order valence-corrected chi connectivity index (χ0v) is 17.4. The van der Waals surface area contributed by atoms with Crippen molar-refractivity contribution in [2.45, 2.75) is 135 Å². The minimum absolute atomic E-state index is 1.11. The molecule has 0 aromatic rings. The fraction of sp³-hybridized carbons (Fsp3) is 0.840. The molecule has 0 saturated heterocycles. The molecule has 0 saturated carbocycles.